The average Bonchev–Trinajstić information content (AvgIpc) is 2.74. The van der Waals surface area contributed by atoms with Gasteiger partial charge in [0.25, 0.3) is 5.91 Å². The van der Waals surface area contributed by atoms with Crippen molar-refractivity contribution >= 4 is 41.0 Å². The van der Waals surface area contributed by atoms with Crippen LogP contribution >= 0.6 is 23.2 Å². The molecule has 1 saturated heterocycles. The quantitative estimate of drug-likeness (QED) is 0.643. The fraction of sp³-hybridized carbons (Fsp3) is 0.435. The molecular formula is C23H28Cl2N4O3. The van der Waals surface area contributed by atoms with Gasteiger partial charge in [-0.1, -0.05) is 35.3 Å². The first-order chi connectivity index (χ1) is 15.1. The molecule has 1 aliphatic heterocycles. The first-order valence-electron chi connectivity index (χ1n) is 10.5. The number of carbonyl (C=O) groups is 2. The molecule has 2 aromatic rings. The minimum absolute atomic E-state index is 0.154. The maximum atomic E-state index is 12.5. The van der Waals surface area contributed by atoms with Crippen LogP contribution in [0.3, 0.4) is 0 Å². The van der Waals surface area contributed by atoms with Crippen molar-refractivity contribution in [1.82, 2.24) is 15.2 Å². The Labute approximate surface area is 198 Å². The first kappa shape index (κ1) is 24.1. The smallest absolute Gasteiger partial charge is 0.410 e. The molecule has 1 aliphatic rings. The standard InChI is InChI=1S/C23H28Cl2N4O3/c1-23(2,3)32-22(31)29-14-12-28(13-15-29)19-9-8-18(20(25)27-19)21(30)26-11-10-16-4-6-17(24)7-5-16/h4-9H,10-15H2,1-3H3,(H,26,30). The molecule has 1 aromatic heterocycles. The zero-order chi connectivity index (χ0) is 23.3. The summed E-state index contributed by atoms with van der Waals surface area (Å²) < 4.78 is 5.43. The second kappa shape index (κ2) is 10.4. The van der Waals surface area contributed by atoms with E-state index in [-0.39, 0.29) is 17.2 Å². The molecule has 0 aliphatic carbocycles. The lowest BCUT2D eigenvalue weighted by Crippen LogP contribution is -2.50. The van der Waals surface area contributed by atoms with Gasteiger partial charge in [-0.3, -0.25) is 4.79 Å². The predicted octanol–water partition coefficient (Wildman–Crippen LogP) is 4.42. The number of ether oxygens (including phenoxy) is 1. The molecule has 2 amide bonds. The van der Waals surface area contributed by atoms with Gasteiger partial charge >= 0.3 is 6.09 Å². The number of nitrogens with zero attached hydrogens (tertiary/aromatic N) is 3. The van der Waals surface area contributed by atoms with E-state index in [0.29, 0.717) is 55.5 Å². The lowest BCUT2D eigenvalue weighted by atomic mass is 10.1. The second-order valence-electron chi connectivity index (χ2n) is 8.59. The highest BCUT2D eigenvalue weighted by Gasteiger charge is 2.26. The van der Waals surface area contributed by atoms with Crippen LogP contribution in [0.15, 0.2) is 36.4 Å². The van der Waals surface area contributed by atoms with Crippen molar-refractivity contribution < 1.29 is 14.3 Å². The molecule has 2 heterocycles. The Kier molecular flexibility index (Phi) is 7.85. The number of nitrogens with one attached hydrogen (secondary N) is 1. The Hall–Kier alpha value is -2.51. The number of rotatable bonds is 5. The fourth-order valence-corrected chi connectivity index (χ4v) is 3.64. The van der Waals surface area contributed by atoms with Gasteiger partial charge in [0.2, 0.25) is 0 Å². The zero-order valence-electron chi connectivity index (χ0n) is 18.5. The number of halogens is 2. The molecule has 0 atom stereocenters. The van der Waals surface area contributed by atoms with Gasteiger partial charge in [-0.2, -0.15) is 0 Å². The van der Waals surface area contributed by atoms with Crippen LogP contribution in [-0.4, -0.2) is 60.2 Å². The number of piperazine rings is 1. The highest BCUT2D eigenvalue weighted by molar-refractivity contribution is 6.32. The number of hydrogen-bond donors (Lipinski definition) is 1. The van der Waals surface area contributed by atoms with Gasteiger partial charge in [-0.15, -0.1) is 0 Å². The van der Waals surface area contributed by atoms with E-state index in [9.17, 15) is 9.59 Å². The van der Waals surface area contributed by atoms with Crippen LogP contribution in [0, 0.1) is 0 Å². The van der Waals surface area contributed by atoms with Crippen molar-refractivity contribution in [2.75, 3.05) is 37.6 Å². The van der Waals surface area contributed by atoms with Crippen molar-refractivity contribution in [3.63, 3.8) is 0 Å². The van der Waals surface area contributed by atoms with E-state index in [0.717, 1.165) is 5.56 Å². The molecule has 1 N–H and O–H groups in total. The number of anilines is 1. The van der Waals surface area contributed by atoms with E-state index in [1.165, 1.54) is 0 Å². The van der Waals surface area contributed by atoms with Crippen LogP contribution in [0.5, 0.6) is 0 Å². The maximum Gasteiger partial charge on any atom is 0.410 e. The number of amides is 2. The summed E-state index contributed by atoms with van der Waals surface area (Å²) in [5.74, 6) is 0.411. The minimum atomic E-state index is -0.519. The summed E-state index contributed by atoms with van der Waals surface area (Å²) in [6.07, 6.45) is 0.377. The number of aromatic nitrogens is 1. The summed E-state index contributed by atoms with van der Waals surface area (Å²) in [6, 6.07) is 11.0. The fourth-order valence-electron chi connectivity index (χ4n) is 3.28. The Morgan fingerprint density at radius 3 is 2.28 bits per heavy atom. The van der Waals surface area contributed by atoms with Crippen LogP contribution in [-0.2, 0) is 11.2 Å². The highest BCUT2D eigenvalue weighted by atomic mass is 35.5. The number of hydrogen-bond acceptors (Lipinski definition) is 5. The van der Waals surface area contributed by atoms with E-state index in [1.54, 1.807) is 17.0 Å². The Bertz CT molecular complexity index is 953. The molecule has 7 nitrogen and oxygen atoms in total. The number of pyridine rings is 1. The van der Waals surface area contributed by atoms with Gasteiger partial charge in [0.1, 0.15) is 16.6 Å². The SMILES string of the molecule is CC(C)(C)OC(=O)N1CCN(c2ccc(C(=O)NCCc3ccc(Cl)cc3)c(Cl)n2)CC1. The molecule has 0 saturated carbocycles. The number of carbonyl (C=O) groups excluding carboxylic acids is 2. The molecule has 32 heavy (non-hydrogen) atoms. The molecule has 0 unspecified atom stereocenters. The largest absolute Gasteiger partial charge is 0.444 e. The van der Waals surface area contributed by atoms with Crippen molar-refractivity contribution in [1.29, 1.82) is 0 Å². The topological polar surface area (TPSA) is 74.8 Å². The van der Waals surface area contributed by atoms with Crippen LogP contribution < -0.4 is 10.2 Å². The van der Waals surface area contributed by atoms with E-state index in [4.69, 9.17) is 27.9 Å². The molecule has 172 valence electrons. The zero-order valence-corrected chi connectivity index (χ0v) is 20.0. The van der Waals surface area contributed by atoms with Gasteiger partial charge < -0.3 is 19.9 Å². The van der Waals surface area contributed by atoms with Crippen LogP contribution in [0.1, 0.15) is 36.7 Å². The summed E-state index contributed by atoms with van der Waals surface area (Å²) in [6.45, 7) is 8.30. The Morgan fingerprint density at radius 2 is 1.69 bits per heavy atom. The van der Waals surface area contributed by atoms with Gasteiger partial charge in [0.15, 0.2) is 0 Å². The summed E-state index contributed by atoms with van der Waals surface area (Å²) in [7, 11) is 0. The van der Waals surface area contributed by atoms with Crippen LogP contribution in [0.4, 0.5) is 10.6 Å². The maximum absolute atomic E-state index is 12.5. The van der Waals surface area contributed by atoms with E-state index in [1.807, 2.05) is 49.9 Å². The van der Waals surface area contributed by atoms with E-state index >= 15 is 0 Å². The third-order valence-corrected chi connectivity index (χ3v) is 5.49. The average molecular weight is 479 g/mol. The molecule has 0 spiro atoms. The minimum Gasteiger partial charge on any atom is -0.444 e. The molecule has 0 bridgehead atoms. The van der Waals surface area contributed by atoms with Gasteiger partial charge in [-0.05, 0) is 57.0 Å². The second-order valence-corrected chi connectivity index (χ2v) is 9.39. The monoisotopic (exact) mass is 478 g/mol. The summed E-state index contributed by atoms with van der Waals surface area (Å²) in [5.41, 5.74) is 0.896. The molecule has 3 rings (SSSR count). The van der Waals surface area contributed by atoms with Gasteiger partial charge in [-0.25, -0.2) is 9.78 Å². The molecule has 1 aromatic carbocycles. The lowest BCUT2D eigenvalue weighted by molar-refractivity contribution is 0.0240. The summed E-state index contributed by atoms with van der Waals surface area (Å²) in [5, 5.41) is 3.71. The molecule has 9 heteroatoms. The summed E-state index contributed by atoms with van der Waals surface area (Å²) >= 11 is 12.2. The van der Waals surface area contributed by atoms with Crippen molar-refractivity contribution in [2.45, 2.75) is 32.8 Å². The van der Waals surface area contributed by atoms with Crippen molar-refractivity contribution in [2.24, 2.45) is 0 Å². The highest BCUT2D eigenvalue weighted by Crippen LogP contribution is 2.21. The van der Waals surface area contributed by atoms with Crippen LogP contribution in [0.2, 0.25) is 10.2 Å². The van der Waals surface area contributed by atoms with E-state index < -0.39 is 5.60 Å². The molecular weight excluding hydrogens is 451 g/mol. The normalized spacial score (nSPS) is 14.3. The Balaban J connectivity index is 1.52. The number of benzene rings is 1. The first-order valence-corrected chi connectivity index (χ1v) is 11.3. The van der Waals surface area contributed by atoms with Crippen molar-refractivity contribution in [3.8, 4) is 0 Å². The van der Waals surface area contributed by atoms with Crippen LogP contribution in [0.25, 0.3) is 0 Å². The third-order valence-electron chi connectivity index (χ3n) is 4.95. The predicted molar refractivity (Wildman–Crippen MR) is 127 cm³/mol. The van der Waals surface area contributed by atoms with Gasteiger partial charge in [0.05, 0.1) is 5.56 Å². The molecule has 1 fully saturated rings. The third kappa shape index (κ3) is 6.74. The molecule has 0 radical (unpaired) electrons. The summed E-state index contributed by atoms with van der Waals surface area (Å²) in [4.78, 5) is 32.8. The lowest BCUT2D eigenvalue weighted by Gasteiger charge is -2.36. The van der Waals surface area contributed by atoms with Gasteiger partial charge in [0, 0.05) is 37.7 Å². The van der Waals surface area contributed by atoms with Crippen molar-refractivity contribution in [3.05, 3.63) is 57.7 Å². The van der Waals surface area contributed by atoms with E-state index in [2.05, 4.69) is 10.3 Å². The Morgan fingerprint density at radius 1 is 1.03 bits per heavy atom.